The summed E-state index contributed by atoms with van der Waals surface area (Å²) in [5.74, 6) is 2.03. The molecule has 2 aromatic rings. The molecule has 1 aromatic heterocycles. The molecule has 0 bridgehead atoms. The van der Waals surface area contributed by atoms with Gasteiger partial charge in [-0.3, -0.25) is 0 Å². The minimum absolute atomic E-state index is 0.118. The molecule has 0 spiro atoms. The Bertz CT molecular complexity index is 641. The van der Waals surface area contributed by atoms with Crippen molar-refractivity contribution in [2.24, 2.45) is 11.8 Å². The zero-order valence-electron chi connectivity index (χ0n) is 11.3. The number of rotatable bonds is 2. The maximum Gasteiger partial charge on any atom is 0.0960 e. The fraction of sp³-hybridized carbons (Fsp3) is 0.412. The Morgan fingerprint density at radius 2 is 2.10 bits per heavy atom. The first-order valence-electron chi connectivity index (χ1n) is 7.14. The summed E-state index contributed by atoms with van der Waals surface area (Å²) in [4.78, 5) is 1.24. The van der Waals surface area contributed by atoms with Crippen LogP contribution >= 0.6 is 34.5 Å². The molecule has 1 aromatic carbocycles. The number of hydrogen-bond donors (Lipinski definition) is 0. The van der Waals surface area contributed by atoms with E-state index < -0.39 is 0 Å². The normalized spacial score (nSPS) is 28.6. The van der Waals surface area contributed by atoms with E-state index in [1.807, 2.05) is 0 Å². The first-order valence-corrected chi connectivity index (χ1v) is 8.77. The Hall–Kier alpha value is -0.500. The van der Waals surface area contributed by atoms with Gasteiger partial charge in [0, 0.05) is 4.88 Å². The molecule has 0 aliphatic heterocycles. The summed E-state index contributed by atoms with van der Waals surface area (Å²) in [5.41, 5.74) is 4.22. The second-order valence-corrected chi connectivity index (χ2v) is 8.17. The highest BCUT2D eigenvalue weighted by Gasteiger charge is 2.56. The van der Waals surface area contributed by atoms with Gasteiger partial charge in [-0.05, 0) is 60.3 Å². The molecule has 0 amide bonds. The van der Waals surface area contributed by atoms with Crippen molar-refractivity contribution in [2.45, 2.75) is 31.1 Å². The van der Waals surface area contributed by atoms with Crippen LogP contribution in [0.4, 0.5) is 0 Å². The Labute approximate surface area is 133 Å². The molecule has 4 atom stereocenters. The van der Waals surface area contributed by atoms with Gasteiger partial charge < -0.3 is 0 Å². The van der Waals surface area contributed by atoms with Gasteiger partial charge in [0.1, 0.15) is 0 Å². The van der Waals surface area contributed by atoms with Crippen molar-refractivity contribution in [3.05, 3.63) is 56.2 Å². The maximum absolute atomic E-state index is 6.78. The van der Waals surface area contributed by atoms with Crippen LogP contribution in [0, 0.1) is 18.8 Å². The zero-order chi connectivity index (χ0) is 13.9. The van der Waals surface area contributed by atoms with Gasteiger partial charge in [0.15, 0.2) is 0 Å². The second kappa shape index (κ2) is 4.76. The van der Waals surface area contributed by atoms with Crippen molar-refractivity contribution in [3.63, 3.8) is 0 Å². The Balaban J connectivity index is 1.63. The molecule has 4 rings (SSSR count). The van der Waals surface area contributed by atoms with Crippen LogP contribution in [0.1, 0.15) is 39.3 Å². The maximum atomic E-state index is 6.78. The lowest BCUT2D eigenvalue weighted by Crippen LogP contribution is -2.00. The summed E-state index contributed by atoms with van der Waals surface area (Å²) >= 11 is 14.6. The number of aryl methyl sites for hydroxylation is 2. The van der Waals surface area contributed by atoms with Crippen LogP contribution in [0.3, 0.4) is 0 Å². The second-order valence-electron chi connectivity index (χ2n) is 6.01. The highest BCUT2D eigenvalue weighted by atomic mass is 35.5. The van der Waals surface area contributed by atoms with Gasteiger partial charge in [0.2, 0.25) is 0 Å². The highest BCUT2D eigenvalue weighted by molar-refractivity contribution is 7.16. The smallest absolute Gasteiger partial charge is 0.0960 e. The van der Waals surface area contributed by atoms with Gasteiger partial charge in [-0.1, -0.05) is 35.9 Å². The van der Waals surface area contributed by atoms with E-state index in [1.165, 1.54) is 23.3 Å². The van der Waals surface area contributed by atoms with E-state index in [4.69, 9.17) is 23.2 Å². The molecule has 1 fully saturated rings. The summed E-state index contributed by atoms with van der Waals surface area (Å²) in [6.45, 7) is 2.06. The predicted molar refractivity (Wildman–Crippen MR) is 87.1 cm³/mol. The zero-order valence-corrected chi connectivity index (χ0v) is 13.6. The number of hydrogen-bond acceptors (Lipinski definition) is 1. The third-order valence-electron chi connectivity index (χ3n) is 4.88. The fourth-order valence-corrected chi connectivity index (χ4v) is 5.62. The lowest BCUT2D eigenvalue weighted by Gasteiger charge is -2.13. The first-order chi connectivity index (χ1) is 9.66. The average molecular weight is 323 g/mol. The van der Waals surface area contributed by atoms with E-state index in [9.17, 15) is 0 Å². The minimum Gasteiger partial charge on any atom is -0.127 e. The van der Waals surface area contributed by atoms with Crippen LogP contribution in [0.5, 0.6) is 0 Å². The summed E-state index contributed by atoms with van der Waals surface area (Å²) in [6.07, 6.45) is 2.50. The molecule has 1 saturated carbocycles. The lowest BCUT2D eigenvalue weighted by molar-refractivity contribution is 0.624. The topological polar surface area (TPSA) is 0 Å². The van der Waals surface area contributed by atoms with Gasteiger partial charge in [-0.15, -0.1) is 22.9 Å². The van der Waals surface area contributed by atoms with Gasteiger partial charge in [-0.2, -0.15) is 0 Å². The van der Waals surface area contributed by atoms with Crippen molar-refractivity contribution in [1.29, 1.82) is 0 Å². The molecular formula is C17H16Cl2S. The summed E-state index contributed by atoms with van der Waals surface area (Å²) in [7, 11) is 0. The fourth-order valence-electron chi connectivity index (χ4n) is 3.83. The van der Waals surface area contributed by atoms with E-state index >= 15 is 0 Å². The molecule has 0 N–H and O–H groups in total. The first kappa shape index (κ1) is 13.2. The predicted octanol–water partition coefficient (Wildman–Crippen LogP) is 5.97. The molecule has 0 saturated heterocycles. The molecule has 20 heavy (non-hydrogen) atoms. The van der Waals surface area contributed by atoms with Gasteiger partial charge in [0.05, 0.1) is 9.71 Å². The van der Waals surface area contributed by atoms with E-state index in [2.05, 4.69) is 37.3 Å². The van der Waals surface area contributed by atoms with Crippen LogP contribution in [0.15, 0.2) is 30.3 Å². The monoisotopic (exact) mass is 322 g/mol. The molecule has 2 aliphatic rings. The van der Waals surface area contributed by atoms with E-state index in [1.54, 1.807) is 16.9 Å². The van der Waals surface area contributed by atoms with Gasteiger partial charge >= 0.3 is 0 Å². The highest BCUT2D eigenvalue weighted by Crippen LogP contribution is 2.66. The third-order valence-corrected chi connectivity index (χ3v) is 7.17. The van der Waals surface area contributed by atoms with E-state index in [0.717, 1.165) is 15.8 Å². The van der Waals surface area contributed by atoms with Gasteiger partial charge in [0.25, 0.3) is 0 Å². The van der Waals surface area contributed by atoms with E-state index in [0.29, 0.717) is 11.8 Å². The molecule has 1 heterocycles. The van der Waals surface area contributed by atoms with Crippen molar-refractivity contribution in [1.82, 2.24) is 0 Å². The van der Waals surface area contributed by atoms with E-state index in [-0.39, 0.29) is 5.38 Å². The van der Waals surface area contributed by atoms with Crippen LogP contribution in [0.25, 0.3) is 0 Å². The van der Waals surface area contributed by atoms with Crippen molar-refractivity contribution < 1.29 is 0 Å². The van der Waals surface area contributed by atoms with Crippen LogP contribution in [-0.2, 0) is 6.42 Å². The van der Waals surface area contributed by atoms with Gasteiger partial charge in [-0.25, -0.2) is 0 Å². The summed E-state index contributed by atoms with van der Waals surface area (Å²) in [6, 6.07) is 11.0. The average Bonchev–Trinajstić information content (AvgIpc) is 3.11. The number of benzene rings is 1. The summed E-state index contributed by atoms with van der Waals surface area (Å²) in [5, 5.41) is 0.118. The molecule has 4 unspecified atom stereocenters. The van der Waals surface area contributed by atoms with Crippen LogP contribution in [0.2, 0.25) is 4.34 Å². The van der Waals surface area contributed by atoms with Crippen LogP contribution in [-0.4, -0.2) is 0 Å². The number of thiophene rings is 1. The number of halogens is 2. The standard InChI is InChI=1S/C17H16Cl2S/c1-9-8-13(20-17(9)19)16(18)15-12-7-6-10-4-2-3-5-11(10)14(12)15/h2-5,8,12,14-16H,6-7H2,1H3. The Kier molecular flexibility index (Phi) is 3.14. The molecule has 104 valence electrons. The summed E-state index contributed by atoms with van der Waals surface area (Å²) < 4.78 is 0.884. The van der Waals surface area contributed by atoms with Crippen LogP contribution < -0.4 is 0 Å². The van der Waals surface area contributed by atoms with Crippen molar-refractivity contribution in [3.8, 4) is 0 Å². The Morgan fingerprint density at radius 3 is 2.85 bits per heavy atom. The molecule has 0 radical (unpaired) electrons. The Morgan fingerprint density at radius 1 is 1.30 bits per heavy atom. The quantitative estimate of drug-likeness (QED) is 0.598. The van der Waals surface area contributed by atoms with Crippen molar-refractivity contribution >= 4 is 34.5 Å². The molecule has 0 nitrogen and oxygen atoms in total. The molecular weight excluding hydrogens is 307 g/mol. The van der Waals surface area contributed by atoms with Crippen molar-refractivity contribution in [2.75, 3.05) is 0 Å². The number of alkyl halides is 1. The number of fused-ring (bicyclic) bond motifs is 3. The minimum atomic E-state index is 0.118. The largest absolute Gasteiger partial charge is 0.127 e. The molecule has 2 aliphatic carbocycles. The lowest BCUT2D eigenvalue weighted by atomic mass is 9.92. The third kappa shape index (κ3) is 1.94. The SMILES string of the molecule is Cc1cc(C(Cl)C2C3CCc4ccccc4C32)sc1Cl. The molecule has 3 heteroatoms.